The van der Waals surface area contributed by atoms with E-state index in [4.69, 9.17) is 14.3 Å². The Hall–Kier alpha value is -2.75. The van der Waals surface area contributed by atoms with Gasteiger partial charge >= 0.3 is 5.97 Å². The highest BCUT2D eigenvalue weighted by Gasteiger charge is 2.12. The van der Waals surface area contributed by atoms with Crippen molar-refractivity contribution in [3.05, 3.63) is 65.4 Å². The van der Waals surface area contributed by atoms with Crippen LogP contribution in [0.25, 0.3) is 11.0 Å². The summed E-state index contributed by atoms with van der Waals surface area (Å²) in [5.74, 6) is 0.390. The zero-order chi connectivity index (χ0) is 14.8. The number of aryl methyl sites for hydroxylation is 1. The average molecular weight is 282 g/mol. The van der Waals surface area contributed by atoms with E-state index < -0.39 is 5.97 Å². The minimum Gasteiger partial charge on any atom is -0.486 e. The van der Waals surface area contributed by atoms with E-state index >= 15 is 0 Å². The molecule has 2 aromatic carbocycles. The van der Waals surface area contributed by atoms with E-state index in [1.54, 1.807) is 24.3 Å². The molecule has 4 heteroatoms. The number of rotatable bonds is 4. The summed E-state index contributed by atoms with van der Waals surface area (Å²) in [4.78, 5) is 11.2. The molecule has 1 aromatic heterocycles. The maximum Gasteiger partial charge on any atom is 0.336 e. The van der Waals surface area contributed by atoms with Crippen molar-refractivity contribution >= 4 is 16.9 Å². The van der Waals surface area contributed by atoms with E-state index in [0.29, 0.717) is 16.7 Å². The van der Waals surface area contributed by atoms with Crippen molar-refractivity contribution < 1.29 is 19.1 Å². The smallest absolute Gasteiger partial charge is 0.336 e. The highest BCUT2D eigenvalue weighted by molar-refractivity contribution is 6.02. The summed E-state index contributed by atoms with van der Waals surface area (Å²) in [6.07, 6.45) is 0. The highest BCUT2D eigenvalue weighted by atomic mass is 16.5. The topological polar surface area (TPSA) is 59.7 Å². The number of furan rings is 1. The molecule has 0 unspecified atom stereocenters. The lowest BCUT2D eigenvalue weighted by atomic mass is 10.1. The lowest BCUT2D eigenvalue weighted by Gasteiger charge is -2.04. The Morgan fingerprint density at radius 3 is 2.76 bits per heavy atom. The first-order valence-electron chi connectivity index (χ1n) is 6.58. The van der Waals surface area contributed by atoms with Crippen LogP contribution in [0.1, 0.15) is 21.7 Å². The van der Waals surface area contributed by atoms with E-state index in [0.717, 1.165) is 11.3 Å². The third-order valence-corrected chi connectivity index (χ3v) is 3.21. The number of hydrogen-bond donors (Lipinski definition) is 1. The Balaban J connectivity index is 1.85. The van der Waals surface area contributed by atoms with Crippen molar-refractivity contribution in [2.45, 2.75) is 13.5 Å². The monoisotopic (exact) mass is 282 g/mol. The normalized spacial score (nSPS) is 10.7. The molecule has 0 fully saturated rings. The van der Waals surface area contributed by atoms with Gasteiger partial charge in [0.1, 0.15) is 23.7 Å². The van der Waals surface area contributed by atoms with Gasteiger partial charge in [0.25, 0.3) is 0 Å². The first-order chi connectivity index (χ1) is 10.1. The van der Waals surface area contributed by atoms with E-state index in [1.165, 1.54) is 0 Å². The summed E-state index contributed by atoms with van der Waals surface area (Å²) >= 11 is 0. The summed E-state index contributed by atoms with van der Waals surface area (Å²) < 4.78 is 11.3. The number of aromatic carboxylic acids is 1. The van der Waals surface area contributed by atoms with Crippen molar-refractivity contribution in [1.29, 1.82) is 0 Å². The molecule has 0 aliphatic carbocycles. The van der Waals surface area contributed by atoms with E-state index in [1.807, 2.05) is 31.2 Å². The van der Waals surface area contributed by atoms with Crippen LogP contribution in [0, 0.1) is 6.92 Å². The predicted octanol–water partition coefficient (Wildman–Crippen LogP) is 4.02. The summed E-state index contributed by atoms with van der Waals surface area (Å²) in [5.41, 5.74) is 1.90. The molecule has 3 aromatic rings. The average Bonchev–Trinajstić information content (AvgIpc) is 2.87. The molecule has 0 aliphatic heterocycles. The molecule has 0 bridgehead atoms. The standard InChI is InChI=1S/C17H14O4/c1-11-4-2-5-12(8-11)20-10-13-9-15-14(17(18)19)6-3-7-16(15)21-13/h2-9H,10H2,1H3,(H,18,19). The zero-order valence-electron chi connectivity index (χ0n) is 11.5. The van der Waals surface area contributed by atoms with Crippen LogP contribution in [0.15, 0.2) is 52.9 Å². The maximum absolute atomic E-state index is 11.2. The molecule has 0 spiro atoms. The van der Waals surface area contributed by atoms with Gasteiger partial charge in [-0.15, -0.1) is 0 Å². The summed E-state index contributed by atoms with van der Waals surface area (Å²) in [6.45, 7) is 2.25. The lowest BCUT2D eigenvalue weighted by molar-refractivity contribution is 0.0699. The molecular formula is C17H14O4. The molecule has 21 heavy (non-hydrogen) atoms. The second-order valence-corrected chi connectivity index (χ2v) is 4.84. The molecule has 3 rings (SSSR count). The number of benzene rings is 2. The molecule has 0 saturated carbocycles. The molecule has 0 atom stereocenters. The lowest BCUT2D eigenvalue weighted by Crippen LogP contribution is -1.95. The van der Waals surface area contributed by atoms with Crippen molar-refractivity contribution in [2.75, 3.05) is 0 Å². The van der Waals surface area contributed by atoms with Gasteiger partial charge in [0, 0.05) is 5.39 Å². The largest absolute Gasteiger partial charge is 0.486 e. The van der Waals surface area contributed by atoms with E-state index in [-0.39, 0.29) is 12.2 Å². The molecule has 4 nitrogen and oxygen atoms in total. The molecule has 1 N–H and O–H groups in total. The van der Waals surface area contributed by atoms with Crippen LogP contribution in [0.5, 0.6) is 5.75 Å². The molecule has 106 valence electrons. The molecular weight excluding hydrogens is 268 g/mol. The van der Waals surface area contributed by atoms with Gasteiger partial charge in [0.05, 0.1) is 5.56 Å². The van der Waals surface area contributed by atoms with Crippen LogP contribution in [0.2, 0.25) is 0 Å². The van der Waals surface area contributed by atoms with Gasteiger partial charge in [-0.2, -0.15) is 0 Å². The second-order valence-electron chi connectivity index (χ2n) is 4.84. The molecule has 0 amide bonds. The van der Waals surface area contributed by atoms with Crippen molar-refractivity contribution in [3.63, 3.8) is 0 Å². The van der Waals surface area contributed by atoms with Gasteiger partial charge in [-0.1, -0.05) is 18.2 Å². The minimum absolute atomic E-state index is 0.234. The number of fused-ring (bicyclic) bond motifs is 1. The summed E-state index contributed by atoms with van der Waals surface area (Å²) in [6, 6.07) is 14.4. The number of carboxylic acid groups (broad SMARTS) is 1. The van der Waals surface area contributed by atoms with Gasteiger partial charge < -0.3 is 14.3 Å². The molecule has 1 heterocycles. The number of ether oxygens (including phenoxy) is 1. The van der Waals surface area contributed by atoms with Crippen molar-refractivity contribution in [2.24, 2.45) is 0 Å². The SMILES string of the molecule is Cc1cccc(OCc2cc3c(C(=O)O)cccc3o2)c1. The van der Waals surface area contributed by atoms with Gasteiger partial charge in [-0.05, 0) is 42.8 Å². The van der Waals surface area contributed by atoms with Crippen LogP contribution in [-0.2, 0) is 6.61 Å². The van der Waals surface area contributed by atoms with Gasteiger partial charge in [0.15, 0.2) is 0 Å². The van der Waals surface area contributed by atoms with Crippen LogP contribution < -0.4 is 4.74 Å². The van der Waals surface area contributed by atoms with E-state index in [2.05, 4.69) is 0 Å². The maximum atomic E-state index is 11.2. The van der Waals surface area contributed by atoms with Gasteiger partial charge in [0.2, 0.25) is 0 Å². The first kappa shape index (κ1) is 13.2. The number of carbonyl (C=O) groups is 1. The summed E-state index contributed by atoms with van der Waals surface area (Å²) in [7, 11) is 0. The third-order valence-electron chi connectivity index (χ3n) is 3.21. The fourth-order valence-electron chi connectivity index (χ4n) is 2.23. The molecule has 0 aliphatic rings. The van der Waals surface area contributed by atoms with Crippen LogP contribution >= 0.6 is 0 Å². The molecule has 0 saturated heterocycles. The highest BCUT2D eigenvalue weighted by Crippen LogP contribution is 2.24. The predicted molar refractivity (Wildman–Crippen MR) is 78.7 cm³/mol. The Kier molecular flexibility index (Phi) is 3.36. The van der Waals surface area contributed by atoms with Crippen LogP contribution in [0.3, 0.4) is 0 Å². The molecule has 0 radical (unpaired) electrons. The Bertz CT molecular complexity index is 801. The quantitative estimate of drug-likeness (QED) is 0.785. The number of carboxylic acids is 1. The summed E-state index contributed by atoms with van der Waals surface area (Å²) in [5, 5.41) is 9.75. The zero-order valence-corrected chi connectivity index (χ0v) is 11.5. The Morgan fingerprint density at radius 2 is 2.00 bits per heavy atom. The fourth-order valence-corrected chi connectivity index (χ4v) is 2.23. The van der Waals surface area contributed by atoms with Crippen molar-refractivity contribution in [3.8, 4) is 5.75 Å². The van der Waals surface area contributed by atoms with Gasteiger partial charge in [-0.25, -0.2) is 4.79 Å². The van der Waals surface area contributed by atoms with Gasteiger partial charge in [-0.3, -0.25) is 0 Å². The Morgan fingerprint density at radius 1 is 1.19 bits per heavy atom. The third kappa shape index (κ3) is 2.74. The second kappa shape index (κ2) is 5.32. The van der Waals surface area contributed by atoms with Crippen LogP contribution in [0.4, 0.5) is 0 Å². The number of hydrogen-bond acceptors (Lipinski definition) is 3. The first-order valence-corrected chi connectivity index (χ1v) is 6.58. The van der Waals surface area contributed by atoms with Crippen molar-refractivity contribution in [1.82, 2.24) is 0 Å². The van der Waals surface area contributed by atoms with Crippen LogP contribution in [-0.4, -0.2) is 11.1 Å². The fraction of sp³-hybridized carbons (Fsp3) is 0.118. The van der Waals surface area contributed by atoms with E-state index in [9.17, 15) is 4.79 Å². The Labute approximate surface area is 121 Å². The minimum atomic E-state index is -0.965.